The first-order chi connectivity index (χ1) is 4.63. The second-order valence-corrected chi connectivity index (χ2v) is 4.01. The third-order valence-electron chi connectivity index (χ3n) is 0.435. The summed E-state index contributed by atoms with van der Waals surface area (Å²) in [6.07, 6.45) is 0. The van der Waals surface area contributed by atoms with E-state index in [4.69, 9.17) is 19.6 Å². The predicted molar refractivity (Wildman–Crippen MR) is 30.6 cm³/mol. The Labute approximate surface area is 60.2 Å². The number of phosphoric ester groups is 1. The summed E-state index contributed by atoms with van der Waals surface area (Å²) in [4.78, 5) is 41.6. The Morgan fingerprint density at radius 2 is 1.45 bits per heavy atom. The van der Waals surface area contributed by atoms with Crippen LogP contribution in [0, 0.1) is 0 Å². The van der Waals surface area contributed by atoms with Crippen molar-refractivity contribution in [1.29, 1.82) is 0 Å². The lowest BCUT2D eigenvalue weighted by Crippen LogP contribution is -2.00. The summed E-state index contributed by atoms with van der Waals surface area (Å²) in [5.74, 6) is 0. The average molecular weight is 206 g/mol. The Balaban J connectivity index is 4.35. The molecule has 11 heavy (non-hydrogen) atoms. The van der Waals surface area contributed by atoms with Gasteiger partial charge in [-0.15, -0.1) is 0 Å². The van der Waals surface area contributed by atoms with Gasteiger partial charge >= 0.3 is 21.1 Å². The van der Waals surface area contributed by atoms with Gasteiger partial charge in [-0.05, 0) is 0 Å². The molecule has 0 amide bonds. The molecule has 0 spiro atoms. The average Bonchev–Trinajstić information content (AvgIpc) is 1.56. The van der Waals surface area contributed by atoms with E-state index in [9.17, 15) is 13.9 Å². The smallest absolute Gasteiger partial charge is 0.361 e. The molecule has 0 atom stereocenters. The normalized spacial score (nSPS) is 12.7. The molecule has 0 aliphatic rings. The van der Waals surface area contributed by atoms with Gasteiger partial charge in [0.25, 0.3) is 0 Å². The standard InChI is InChI=1S/CH4O8P2/c2-1(10(3,4)5)9-11(6,7)8/h(H2,3,4,5)(H2,6,7,8). The zero-order valence-corrected chi connectivity index (χ0v) is 6.61. The van der Waals surface area contributed by atoms with Gasteiger partial charge in [-0.1, -0.05) is 0 Å². The molecule has 66 valence electrons. The van der Waals surface area contributed by atoms with Gasteiger partial charge in [-0.2, -0.15) is 0 Å². The number of carbonyl (C=O) groups is 1. The van der Waals surface area contributed by atoms with Crippen molar-refractivity contribution in [3.8, 4) is 0 Å². The molecular weight excluding hydrogens is 202 g/mol. The molecule has 0 radical (unpaired) electrons. The third kappa shape index (κ3) is 5.09. The highest BCUT2D eigenvalue weighted by Gasteiger charge is 2.34. The molecule has 0 aromatic rings. The number of hydrogen-bond acceptors (Lipinski definition) is 4. The minimum absolute atomic E-state index is 2.24. The van der Waals surface area contributed by atoms with Gasteiger partial charge < -0.3 is 14.3 Å². The van der Waals surface area contributed by atoms with Crippen molar-refractivity contribution in [2.75, 3.05) is 0 Å². The van der Waals surface area contributed by atoms with Crippen LogP contribution in [0.1, 0.15) is 0 Å². The van der Waals surface area contributed by atoms with Crippen molar-refractivity contribution in [3.63, 3.8) is 0 Å². The highest BCUT2D eigenvalue weighted by molar-refractivity contribution is 7.70. The Kier molecular flexibility index (Phi) is 2.96. The maximum absolute atomic E-state index is 10.0. The molecule has 8 nitrogen and oxygen atoms in total. The maximum atomic E-state index is 10.0. The Hall–Kier alpha value is -0.230. The summed E-state index contributed by atoms with van der Waals surface area (Å²) < 4.78 is 22.7. The van der Waals surface area contributed by atoms with Crippen molar-refractivity contribution < 1.29 is 38.0 Å². The molecule has 0 aromatic heterocycles. The molecule has 0 bridgehead atoms. The van der Waals surface area contributed by atoms with Gasteiger partial charge in [0.15, 0.2) is 0 Å². The largest absolute Gasteiger partial charge is 0.527 e. The lowest BCUT2D eigenvalue weighted by atomic mass is 11.6. The first-order valence-corrected chi connectivity index (χ1v) is 5.12. The van der Waals surface area contributed by atoms with Crippen LogP contribution in [0.25, 0.3) is 0 Å². The van der Waals surface area contributed by atoms with Crippen molar-refractivity contribution in [2.24, 2.45) is 0 Å². The second kappa shape index (κ2) is 3.02. The van der Waals surface area contributed by atoms with Gasteiger partial charge in [0.1, 0.15) is 0 Å². The summed E-state index contributed by atoms with van der Waals surface area (Å²) in [5.41, 5.74) is -2.24. The molecule has 0 saturated carbocycles. The van der Waals surface area contributed by atoms with Crippen LogP contribution in [0.15, 0.2) is 0 Å². The number of carbonyl (C=O) groups excluding carboxylic acids is 1. The topological polar surface area (TPSA) is 141 Å². The summed E-state index contributed by atoms with van der Waals surface area (Å²) >= 11 is 0. The highest BCUT2D eigenvalue weighted by Crippen LogP contribution is 2.46. The van der Waals surface area contributed by atoms with E-state index < -0.39 is 21.1 Å². The van der Waals surface area contributed by atoms with Gasteiger partial charge in [0.2, 0.25) is 0 Å². The Morgan fingerprint density at radius 3 is 1.55 bits per heavy atom. The molecule has 0 aromatic carbocycles. The van der Waals surface area contributed by atoms with Gasteiger partial charge in [0, 0.05) is 0 Å². The Bertz CT molecular complexity index is 241. The zero-order valence-electron chi connectivity index (χ0n) is 4.82. The van der Waals surface area contributed by atoms with E-state index in [0.717, 1.165) is 0 Å². The first-order valence-electron chi connectivity index (χ1n) is 1.98. The van der Waals surface area contributed by atoms with Gasteiger partial charge in [-0.3, -0.25) is 9.79 Å². The van der Waals surface area contributed by atoms with Crippen LogP contribution >= 0.6 is 15.4 Å². The van der Waals surface area contributed by atoms with Crippen molar-refractivity contribution in [3.05, 3.63) is 0 Å². The molecule has 0 unspecified atom stereocenters. The van der Waals surface area contributed by atoms with Crippen molar-refractivity contribution >= 4 is 21.1 Å². The fraction of sp³-hybridized carbons (Fsp3) is 0. The fourth-order valence-corrected chi connectivity index (χ4v) is 1.10. The van der Waals surface area contributed by atoms with E-state index in [1.165, 1.54) is 0 Å². The molecule has 0 rings (SSSR count). The fourth-order valence-electron chi connectivity index (χ4n) is 0.155. The minimum Gasteiger partial charge on any atom is -0.361 e. The molecular formula is CH4O8P2. The van der Waals surface area contributed by atoms with Crippen LogP contribution in [0.3, 0.4) is 0 Å². The SMILES string of the molecule is O=C(OP(=O)(O)O)P(=O)(O)O. The lowest BCUT2D eigenvalue weighted by molar-refractivity contribution is 0.189. The van der Waals surface area contributed by atoms with Crippen LogP contribution in [-0.2, 0) is 13.7 Å². The van der Waals surface area contributed by atoms with Gasteiger partial charge in [0.05, 0.1) is 0 Å². The molecule has 4 N–H and O–H groups in total. The van der Waals surface area contributed by atoms with Crippen molar-refractivity contribution in [2.45, 2.75) is 0 Å². The first kappa shape index (κ1) is 10.8. The molecule has 0 aliphatic carbocycles. The van der Waals surface area contributed by atoms with E-state index in [1.807, 2.05) is 0 Å². The van der Waals surface area contributed by atoms with E-state index >= 15 is 0 Å². The van der Waals surface area contributed by atoms with E-state index in [0.29, 0.717) is 0 Å². The van der Waals surface area contributed by atoms with Crippen LogP contribution in [0.2, 0.25) is 0 Å². The van der Waals surface area contributed by atoms with Crippen LogP contribution in [0.4, 0.5) is 4.79 Å². The summed E-state index contributed by atoms with van der Waals surface area (Å²) in [6, 6.07) is 0. The third-order valence-corrected chi connectivity index (χ3v) is 1.55. The van der Waals surface area contributed by atoms with E-state index in [2.05, 4.69) is 4.52 Å². The van der Waals surface area contributed by atoms with Crippen LogP contribution in [0.5, 0.6) is 0 Å². The number of phosphoric acid groups is 1. The molecule has 0 heterocycles. The van der Waals surface area contributed by atoms with Gasteiger partial charge in [-0.25, -0.2) is 13.9 Å². The minimum atomic E-state index is -5.21. The molecule has 0 saturated heterocycles. The Morgan fingerprint density at radius 1 is 1.09 bits per heavy atom. The summed E-state index contributed by atoms with van der Waals surface area (Å²) in [5, 5.41) is 0. The summed E-state index contributed by atoms with van der Waals surface area (Å²) in [6.45, 7) is 0. The molecule has 0 aliphatic heterocycles. The van der Waals surface area contributed by atoms with E-state index in [1.54, 1.807) is 0 Å². The quantitative estimate of drug-likeness (QED) is 0.438. The predicted octanol–water partition coefficient (Wildman–Crippen LogP) is -0.607. The molecule has 10 heteroatoms. The monoisotopic (exact) mass is 206 g/mol. The maximum Gasteiger partial charge on any atom is 0.527 e. The van der Waals surface area contributed by atoms with Crippen LogP contribution in [-0.4, -0.2) is 25.3 Å². The summed E-state index contributed by atoms with van der Waals surface area (Å²) in [7, 11) is -10.4. The molecule has 0 fully saturated rings. The zero-order chi connectivity index (χ0) is 9.28. The number of hydrogen-bond donors (Lipinski definition) is 4. The second-order valence-electron chi connectivity index (χ2n) is 1.39. The highest BCUT2D eigenvalue weighted by atomic mass is 31.2. The van der Waals surface area contributed by atoms with Crippen LogP contribution < -0.4 is 0 Å². The lowest BCUT2D eigenvalue weighted by Gasteiger charge is -2.04. The van der Waals surface area contributed by atoms with Crippen molar-refractivity contribution in [1.82, 2.24) is 0 Å². The van der Waals surface area contributed by atoms with E-state index in [-0.39, 0.29) is 0 Å². The number of rotatable bonds is 2.